The number of thioether (sulfide) groups is 1. The molecule has 0 aliphatic carbocycles. The first-order valence-electron chi connectivity index (χ1n) is 5.30. The summed E-state index contributed by atoms with van der Waals surface area (Å²) in [7, 11) is 0. The van der Waals surface area contributed by atoms with E-state index in [1.807, 2.05) is 0 Å². The fraction of sp³-hybridized carbons (Fsp3) is 0.778. The normalized spacial score (nSPS) is 19.6. The van der Waals surface area contributed by atoms with Gasteiger partial charge in [-0.05, 0) is 0 Å². The highest BCUT2D eigenvalue weighted by Crippen LogP contribution is 2.24. The van der Waals surface area contributed by atoms with Crippen LogP contribution in [0, 0.1) is 0 Å². The summed E-state index contributed by atoms with van der Waals surface area (Å²) in [5.41, 5.74) is 0. The summed E-state index contributed by atoms with van der Waals surface area (Å²) >= 11 is 1.15. The van der Waals surface area contributed by atoms with Crippen LogP contribution in [0.3, 0.4) is 0 Å². The maximum Gasteiger partial charge on any atom is 0.406 e. The Hall–Kier alpha value is -1.16. The number of carbonyl (C=O) groups excluding carboxylic acids is 1. The molecule has 0 aromatic heterocycles. The van der Waals surface area contributed by atoms with Crippen LogP contribution < -0.4 is 0 Å². The molecule has 1 aliphatic rings. The van der Waals surface area contributed by atoms with Gasteiger partial charge in [0.1, 0.15) is 12.6 Å². The summed E-state index contributed by atoms with van der Waals surface area (Å²) in [6.07, 6.45) is -4.60. The van der Waals surface area contributed by atoms with Gasteiger partial charge in [0.25, 0.3) is 0 Å². The molecule has 2 amide bonds. The molecule has 1 atom stereocenters. The van der Waals surface area contributed by atoms with E-state index < -0.39 is 43.9 Å². The molecule has 1 heterocycles. The zero-order chi connectivity index (χ0) is 14.6. The maximum atomic E-state index is 12.3. The highest BCUT2D eigenvalue weighted by molar-refractivity contribution is 7.99. The molecule has 1 saturated heterocycles. The van der Waals surface area contributed by atoms with E-state index in [9.17, 15) is 22.8 Å². The van der Waals surface area contributed by atoms with Crippen LogP contribution in [-0.2, 0) is 4.79 Å². The number of alkyl halides is 3. The van der Waals surface area contributed by atoms with Crippen molar-refractivity contribution in [3.8, 4) is 0 Å². The monoisotopic (exact) mass is 302 g/mol. The van der Waals surface area contributed by atoms with E-state index >= 15 is 0 Å². The third kappa shape index (κ3) is 4.46. The summed E-state index contributed by atoms with van der Waals surface area (Å²) in [6.45, 7) is -2.63. The number of aliphatic carboxylic acids is 1. The number of amides is 2. The number of carboxylic acid groups (broad SMARTS) is 1. The first-order chi connectivity index (χ1) is 8.76. The minimum Gasteiger partial charge on any atom is -0.480 e. The molecule has 0 bridgehead atoms. The average molecular weight is 302 g/mol. The van der Waals surface area contributed by atoms with E-state index in [1.165, 1.54) is 0 Å². The molecule has 1 unspecified atom stereocenters. The lowest BCUT2D eigenvalue weighted by atomic mass is 10.3. The lowest BCUT2D eigenvalue weighted by Gasteiger charge is -2.29. The minimum absolute atomic E-state index is 0.0234. The van der Waals surface area contributed by atoms with Crippen molar-refractivity contribution < 1.29 is 33.0 Å². The molecular weight excluding hydrogens is 289 g/mol. The van der Waals surface area contributed by atoms with Crippen molar-refractivity contribution in [1.82, 2.24) is 9.80 Å². The van der Waals surface area contributed by atoms with Gasteiger partial charge in [-0.2, -0.15) is 13.2 Å². The van der Waals surface area contributed by atoms with Gasteiger partial charge in [-0.1, -0.05) is 0 Å². The fourth-order valence-electron chi connectivity index (χ4n) is 1.60. The molecule has 0 aromatic carbocycles. The van der Waals surface area contributed by atoms with Crippen LogP contribution >= 0.6 is 11.8 Å². The van der Waals surface area contributed by atoms with E-state index in [-0.39, 0.29) is 11.6 Å². The van der Waals surface area contributed by atoms with E-state index in [0.29, 0.717) is 4.90 Å². The molecule has 6 nitrogen and oxygen atoms in total. The molecule has 1 rings (SSSR count). The predicted octanol–water partition coefficient (Wildman–Crippen LogP) is 0.422. The fourth-order valence-corrected chi connectivity index (χ4v) is 2.74. The van der Waals surface area contributed by atoms with Crippen molar-refractivity contribution in [2.45, 2.75) is 12.2 Å². The van der Waals surface area contributed by atoms with Gasteiger partial charge in [-0.25, -0.2) is 9.59 Å². The molecular formula is C9H13F3N2O4S. The van der Waals surface area contributed by atoms with E-state index in [4.69, 9.17) is 10.2 Å². The Kier molecular flexibility index (Phi) is 5.29. The summed E-state index contributed by atoms with van der Waals surface area (Å²) in [6, 6.07) is -2.16. The second-order valence-electron chi connectivity index (χ2n) is 3.87. The third-order valence-corrected chi connectivity index (χ3v) is 3.44. The number of carboxylic acids is 1. The van der Waals surface area contributed by atoms with E-state index in [1.54, 1.807) is 0 Å². The maximum absolute atomic E-state index is 12.3. The van der Waals surface area contributed by atoms with Crippen LogP contribution in [0.15, 0.2) is 0 Å². The van der Waals surface area contributed by atoms with E-state index in [2.05, 4.69) is 0 Å². The van der Waals surface area contributed by atoms with Gasteiger partial charge in [-0.3, -0.25) is 0 Å². The van der Waals surface area contributed by atoms with Gasteiger partial charge < -0.3 is 20.0 Å². The van der Waals surface area contributed by atoms with E-state index in [0.717, 1.165) is 16.7 Å². The number of hydrogen-bond acceptors (Lipinski definition) is 4. The molecule has 0 aromatic rings. The molecule has 1 aliphatic heterocycles. The van der Waals surface area contributed by atoms with Crippen molar-refractivity contribution in [2.75, 3.05) is 31.3 Å². The highest BCUT2D eigenvalue weighted by atomic mass is 32.2. The van der Waals surface area contributed by atoms with Crippen LogP contribution in [0.2, 0.25) is 0 Å². The summed E-state index contributed by atoms with van der Waals surface area (Å²) < 4.78 is 36.9. The van der Waals surface area contributed by atoms with Crippen molar-refractivity contribution in [2.24, 2.45) is 0 Å². The molecule has 19 heavy (non-hydrogen) atoms. The summed E-state index contributed by atoms with van der Waals surface area (Å²) in [4.78, 5) is 24.1. The topological polar surface area (TPSA) is 81.1 Å². The average Bonchev–Trinajstić information content (AvgIpc) is 2.74. The van der Waals surface area contributed by atoms with Crippen LogP contribution in [0.4, 0.5) is 18.0 Å². The Morgan fingerprint density at radius 2 is 2.05 bits per heavy atom. The lowest BCUT2D eigenvalue weighted by Crippen LogP contribution is -2.51. The van der Waals surface area contributed by atoms with Crippen LogP contribution in [0.25, 0.3) is 0 Å². The standard InChI is InChI=1S/C9H13F3N2O4S/c10-9(11,12)4-13(1-2-15)8(18)14-5-19-3-6(14)7(16)17/h6,15H,1-5H2,(H,16,17). The van der Waals surface area contributed by atoms with Crippen molar-refractivity contribution in [3.63, 3.8) is 0 Å². The SMILES string of the molecule is O=C(O)C1CSCN1C(=O)N(CCO)CC(F)(F)F. The Morgan fingerprint density at radius 3 is 2.53 bits per heavy atom. The Morgan fingerprint density at radius 1 is 1.42 bits per heavy atom. The quantitative estimate of drug-likeness (QED) is 0.787. The minimum atomic E-state index is -4.60. The van der Waals surface area contributed by atoms with Gasteiger partial charge in [0.15, 0.2) is 0 Å². The van der Waals surface area contributed by atoms with Gasteiger partial charge >= 0.3 is 18.2 Å². The number of hydrogen-bond donors (Lipinski definition) is 2. The highest BCUT2D eigenvalue weighted by Gasteiger charge is 2.40. The van der Waals surface area contributed by atoms with Crippen molar-refractivity contribution in [1.29, 1.82) is 0 Å². The molecule has 10 heteroatoms. The zero-order valence-electron chi connectivity index (χ0n) is 9.76. The number of aliphatic hydroxyl groups excluding tert-OH is 1. The predicted molar refractivity (Wildman–Crippen MR) is 60.7 cm³/mol. The second-order valence-corrected chi connectivity index (χ2v) is 4.87. The molecule has 0 saturated carbocycles. The third-order valence-electron chi connectivity index (χ3n) is 2.42. The lowest BCUT2D eigenvalue weighted by molar-refractivity contribution is -0.144. The Bertz CT molecular complexity index is 353. The summed E-state index contributed by atoms with van der Waals surface area (Å²) in [5.74, 6) is -1.09. The number of halogens is 3. The first kappa shape index (κ1) is 15.9. The van der Waals surface area contributed by atoms with Crippen molar-refractivity contribution in [3.05, 3.63) is 0 Å². The molecule has 1 fully saturated rings. The second kappa shape index (κ2) is 6.33. The largest absolute Gasteiger partial charge is 0.480 e. The first-order valence-corrected chi connectivity index (χ1v) is 6.45. The number of carbonyl (C=O) groups is 2. The Labute approximate surface area is 111 Å². The van der Waals surface area contributed by atoms with Crippen molar-refractivity contribution >= 4 is 23.8 Å². The molecule has 110 valence electrons. The number of rotatable bonds is 4. The molecule has 2 N–H and O–H groups in total. The number of aliphatic hydroxyl groups is 1. The number of urea groups is 1. The molecule has 0 radical (unpaired) electrons. The van der Waals surface area contributed by atoms with Gasteiger partial charge in [0.05, 0.1) is 12.5 Å². The number of nitrogens with zero attached hydrogens (tertiary/aromatic N) is 2. The van der Waals surface area contributed by atoms with Crippen LogP contribution in [0.1, 0.15) is 0 Å². The van der Waals surface area contributed by atoms with Crippen LogP contribution in [-0.4, -0.2) is 75.6 Å². The Balaban J connectivity index is 2.78. The van der Waals surface area contributed by atoms with Crippen LogP contribution in [0.5, 0.6) is 0 Å². The van der Waals surface area contributed by atoms with Gasteiger partial charge in [-0.15, -0.1) is 11.8 Å². The van der Waals surface area contributed by atoms with Gasteiger partial charge in [0.2, 0.25) is 0 Å². The smallest absolute Gasteiger partial charge is 0.406 e. The molecule has 0 spiro atoms. The summed E-state index contributed by atoms with van der Waals surface area (Å²) in [5, 5.41) is 17.6. The zero-order valence-corrected chi connectivity index (χ0v) is 10.6. The van der Waals surface area contributed by atoms with Gasteiger partial charge in [0, 0.05) is 12.3 Å².